The van der Waals surface area contributed by atoms with Crippen LogP contribution < -0.4 is 5.11 Å². The average molecular weight is 128 g/mol. The Balaban J connectivity index is 3.68. The van der Waals surface area contributed by atoms with E-state index in [1.54, 1.807) is 0 Å². The molecule has 0 unspecified atom stereocenters. The molecule has 0 amide bonds. The van der Waals surface area contributed by atoms with Crippen LogP contribution in [-0.2, 0) is 0 Å². The zero-order valence-corrected chi connectivity index (χ0v) is 4.12. The summed E-state index contributed by atoms with van der Waals surface area (Å²) in [7, 11) is 0. The van der Waals surface area contributed by atoms with E-state index < -0.39 is 10.4 Å². The molecule has 0 atom stereocenters. The Morgan fingerprint density at radius 3 is 1.67 bits per heavy atom. The second-order valence-electron chi connectivity index (χ2n) is 0.566. The predicted molar refractivity (Wildman–Crippen MR) is 21.4 cm³/mol. The highest BCUT2D eigenvalue weighted by Gasteiger charge is 1.79. The third-order valence-corrected chi connectivity index (χ3v) is 0.485. The van der Waals surface area contributed by atoms with Crippen molar-refractivity contribution in [2.75, 3.05) is 0 Å². The topological polar surface area (TPSA) is 43.3 Å². The van der Waals surface area contributed by atoms with Crippen molar-refractivity contribution in [1.82, 2.24) is 0 Å². The van der Waals surface area contributed by atoms with Crippen molar-refractivity contribution in [3.63, 3.8) is 0 Å². The molecule has 2 nitrogen and oxygen atoms in total. The predicted octanol–water partition coefficient (Wildman–Crippen LogP) is 0.509. The molecule has 0 radical (unpaired) electrons. The van der Waals surface area contributed by atoms with Crippen molar-refractivity contribution >= 4 is 23.2 Å². The van der Waals surface area contributed by atoms with Crippen LogP contribution >= 0.6 is 23.2 Å². The van der Waals surface area contributed by atoms with Gasteiger partial charge in [0.05, 0.1) is 5.95 Å². The summed E-state index contributed by atoms with van der Waals surface area (Å²) in [5, 5.41) is 17.1. The van der Waals surface area contributed by atoms with Gasteiger partial charge < -0.3 is 10.2 Å². The van der Waals surface area contributed by atoms with Crippen LogP contribution in [0, 0.1) is 0 Å². The summed E-state index contributed by atoms with van der Waals surface area (Å²) in [4.78, 5) is 0. The summed E-state index contributed by atoms with van der Waals surface area (Å²) in [5.74, 6) is -1.29. The molecule has 0 saturated carbocycles. The number of aliphatic hydroxyl groups excluding tert-OH is 1. The van der Waals surface area contributed by atoms with E-state index in [1.807, 2.05) is 0 Å². The SMILES string of the molecule is [O-]C(O)=C(Cl)Cl. The van der Waals surface area contributed by atoms with Crippen molar-refractivity contribution in [3.05, 3.63) is 10.4 Å². The highest BCUT2D eigenvalue weighted by atomic mass is 35.5. The molecule has 0 aromatic heterocycles. The third kappa shape index (κ3) is 2.18. The van der Waals surface area contributed by atoms with E-state index in [-0.39, 0.29) is 0 Å². The number of hydrogen-bond acceptors (Lipinski definition) is 2. The molecule has 0 heterocycles. The molecule has 6 heavy (non-hydrogen) atoms. The first-order chi connectivity index (χ1) is 2.64. The van der Waals surface area contributed by atoms with Gasteiger partial charge in [0.15, 0.2) is 0 Å². The number of halogens is 2. The van der Waals surface area contributed by atoms with E-state index >= 15 is 0 Å². The van der Waals surface area contributed by atoms with E-state index in [0.717, 1.165) is 0 Å². The lowest BCUT2D eigenvalue weighted by Crippen LogP contribution is -2.00. The summed E-state index contributed by atoms with van der Waals surface area (Å²) in [5.41, 5.74) is 0. The van der Waals surface area contributed by atoms with Crippen LogP contribution in [-0.4, -0.2) is 5.11 Å². The summed E-state index contributed by atoms with van der Waals surface area (Å²) >= 11 is 9.39. The molecule has 0 aromatic carbocycles. The van der Waals surface area contributed by atoms with E-state index in [1.165, 1.54) is 0 Å². The van der Waals surface area contributed by atoms with Gasteiger partial charge in [-0.05, 0) is 0 Å². The zero-order chi connectivity index (χ0) is 5.15. The quantitative estimate of drug-likeness (QED) is 0.483. The van der Waals surface area contributed by atoms with Crippen LogP contribution in [0.15, 0.2) is 10.4 Å². The fourth-order valence-electron chi connectivity index (χ4n) is 0. The number of rotatable bonds is 0. The lowest BCUT2D eigenvalue weighted by Gasteiger charge is -1.93. The van der Waals surface area contributed by atoms with Crippen molar-refractivity contribution in [3.8, 4) is 0 Å². The fourth-order valence-corrected chi connectivity index (χ4v) is 0. The van der Waals surface area contributed by atoms with Gasteiger partial charge in [-0.25, -0.2) is 0 Å². The van der Waals surface area contributed by atoms with Crippen molar-refractivity contribution in [2.45, 2.75) is 0 Å². The maximum absolute atomic E-state index is 9.40. The molecule has 0 saturated heterocycles. The van der Waals surface area contributed by atoms with Crippen molar-refractivity contribution in [2.24, 2.45) is 0 Å². The zero-order valence-electron chi connectivity index (χ0n) is 2.61. The lowest BCUT2D eigenvalue weighted by molar-refractivity contribution is -0.348. The molecule has 0 aliphatic rings. The normalized spacial score (nSPS) is 7.67. The standard InChI is InChI=1S/C2H2Cl2O2/c3-1(4)2(5)6/h5-6H/p-1. The van der Waals surface area contributed by atoms with Crippen LogP contribution in [0.4, 0.5) is 0 Å². The highest BCUT2D eigenvalue weighted by Crippen LogP contribution is 2.05. The average Bonchev–Trinajstić information content (AvgIpc) is 1.36. The minimum atomic E-state index is -1.29. The Kier molecular flexibility index (Phi) is 2.13. The monoisotopic (exact) mass is 127 g/mol. The van der Waals surface area contributed by atoms with E-state index in [0.29, 0.717) is 0 Å². The fraction of sp³-hybridized carbons (Fsp3) is 0. The molecule has 0 aromatic rings. The van der Waals surface area contributed by atoms with Gasteiger partial charge in [-0.2, -0.15) is 0 Å². The molecule has 0 spiro atoms. The Labute approximate surface area is 44.6 Å². The highest BCUT2D eigenvalue weighted by molar-refractivity contribution is 6.55. The van der Waals surface area contributed by atoms with Crippen molar-refractivity contribution in [1.29, 1.82) is 0 Å². The van der Waals surface area contributed by atoms with Crippen molar-refractivity contribution < 1.29 is 10.2 Å². The van der Waals surface area contributed by atoms with Gasteiger partial charge in [0.2, 0.25) is 0 Å². The molecule has 0 bridgehead atoms. The smallest absolute Gasteiger partial charge is 0.128 e. The van der Waals surface area contributed by atoms with Gasteiger partial charge >= 0.3 is 0 Å². The minimum Gasteiger partial charge on any atom is -0.628 e. The van der Waals surface area contributed by atoms with E-state index in [4.69, 9.17) is 28.3 Å². The lowest BCUT2D eigenvalue weighted by atomic mass is 11.0. The van der Waals surface area contributed by atoms with Crippen LogP contribution in [0.25, 0.3) is 0 Å². The van der Waals surface area contributed by atoms with Gasteiger partial charge in [-0.1, -0.05) is 23.2 Å². The largest absolute Gasteiger partial charge is 0.628 e. The third-order valence-electron chi connectivity index (χ3n) is 0.162. The first-order valence-corrected chi connectivity index (χ1v) is 1.81. The van der Waals surface area contributed by atoms with E-state index in [9.17, 15) is 5.11 Å². The molecule has 4 heteroatoms. The first-order valence-electron chi connectivity index (χ1n) is 1.06. The number of aliphatic hydroxyl groups is 1. The van der Waals surface area contributed by atoms with Crippen LogP contribution in [0.2, 0.25) is 0 Å². The maximum atomic E-state index is 9.40. The van der Waals surface area contributed by atoms with Gasteiger partial charge in [0.1, 0.15) is 4.49 Å². The Morgan fingerprint density at radius 2 is 1.67 bits per heavy atom. The molecule has 0 aliphatic carbocycles. The van der Waals surface area contributed by atoms with E-state index in [2.05, 4.69) is 0 Å². The Bertz CT molecular complexity index is 59.6. The van der Waals surface area contributed by atoms with Crippen LogP contribution in [0.1, 0.15) is 0 Å². The number of hydrogen-bond donors (Lipinski definition) is 1. The van der Waals surface area contributed by atoms with Gasteiger partial charge in [-0.15, -0.1) is 0 Å². The van der Waals surface area contributed by atoms with Crippen LogP contribution in [0.3, 0.4) is 0 Å². The first kappa shape index (κ1) is 5.92. The second kappa shape index (κ2) is 2.16. The molecule has 36 valence electrons. The Morgan fingerprint density at radius 1 is 1.50 bits per heavy atom. The molecule has 0 rings (SSSR count). The summed E-state index contributed by atoms with van der Waals surface area (Å²) in [6.45, 7) is 0. The molecular formula is C2HCl2O2-. The molecule has 0 aliphatic heterocycles. The van der Waals surface area contributed by atoms with Gasteiger partial charge in [0.25, 0.3) is 0 Å². The minimum absolute atomic E-state index is 0.630. The summed E-state index contributed by atoms with van der Waals surface area (Å²) in [6.07, 6.45) is 0. The molecular weight excluding hydrogens is 127 g/mol. The maximum Gasteiger partial charge on any atom is 0.128 e. The van der Waals surface area contributed by atoms with Gasteiger partial charge in [-0.3, -0.25) is 0 Å². The van der Waals surface area contributed by atoms with Crippen LogP contribution in [0.5, 0.6) is 0 Å². The summed E-state index contributed by atoms with van der Waals surface area (Å²) < 4.78 is -0.630. The second-order valence-corrected chi connectivity index (χ2v) is 1.51. The van der Waals surface area contributed by atoms with Gasteiger partial charge in [0, 0.05) is 0 Å². The summed E-state index contributed by atoms with van der Waals surface area (Å²) in [6, 6.07) is 0. The molecule has 1 N–H and O–H groups in total. The molecule has 0 fully saturated rings. The Hall–Kier alpha value is -0.0800.